The average Bonchev–Trinajstić information content (AvgIpc) is 2.76. The van der Waals surface area contributed by atoms with E-state index in [-0.39, 0.29) is 5.97 Å². The molecule has 2 aliphatic rings. The fourth-order valence-corrected chi connectivity index (χ4v) is 2.61. The highest BCUT2D eigenvalue weighted by molar-refractivity contribution is 5.71. The van der Waals surface area contributed by atoms with Crippen LogP contribution in [0.3, 0.4) is 0 Å². The van der Waals surface area contributed by atoms with Crippen LogP contribution in [0.15, 0.2) is 0 Å². The summed E-state index contributed by atoms with van der Waals surface area (Å²) in [5.74, 6) is -0.165. The second kappa shape index (κ2) is 4.28. The first-order chi connectivity index (χ1) is 6.81. The molecule has 0 spiro atoms. The molecule has 2 aliphatic heterocycles. The molecule has 2 rings (SSSR count). The first-order valence-electron chi connectivity index (χ1n) is 5.35. The van der Waals surface area contributed by atoms with Crippen molar-refractivity contribution in [2.24, 2.45) is 0 Å². The van der Waals surface area contributed by atoms with E-state index in [9.17, 15) is 4.79 Å². The molecule has 0 radical (unpaired) electrons. The van der Waals surface area contributed by atoms with E-state index < -0.39 is 0 Å². The maximum atomic E-state index is 11.0. The monoisotopic (exact) mass is 198 g/mol. The average molecular weight is 198 g/mol. The smallest absolute Gasteiger partial charge is 0.319 e. The predicted octanol–water partition coefficient (Wildman–Crippen LogP) is -0.0143. The molecule has 14 heavy (non-hydrogen) atoms. The van der Waals surface area contributed by atoms with Gasteiger partial charge in [-0.2, -0.15) is 0 Å². The lowest BCUT2D eigenvalue weighted by molar-refractivity contribution is -0.139. The minimum absolute atomic E-state index is 0.165. The van der Waals surface area contributed by atoms with Crippen LogP contribution in [0.25, 0.3) is 0 Å². The van der Waals surface area contributed by atoms with Crippen LogP contribution in [-0.2, 0) is 9.53 Å². The van der Waals surface area contributed by atoms with Crippen LogP contribution in [0.4, 0.5) is 0 Å². The minimum atomic E-state index is -0.165. The van der Waals surface area contributed by atoms with Gasteiger partial charge < -0.3 is 10.1 Å². The van der Waals surface area contributed by atoms with Crippen LogP contribution in [0.1, 0.15) is 19.3 Å². The third-order valence-corrected chi connectivity index (χ3v) is 3.34. The molecule has 2 atom stereocenters. The third kappa shape index (κ3) is 1.91. The standard InChI is InChI=1S/C10H18N2O2/c1-14-10(13)7-11-8-4-6-12-5-2-3-9(8)12/h8-9,11H,2-7H2,1H3. The lowest BCUT2D eigenvalue weighted by atomic mass is 10.1. The van der Waals surface area contributed by atoms with Gasteiger partial charge in [-0.25, -0.2) is 0 Å². The Kier molecular flexibility index (Phi) is 3.03. The van der Waals surface area contributed by atoms with Gasteiger partial charge in [-0.3, -0.25) is 9.69 Å². The molecule has 80 valence electrons. The number of ether oxygens (including phenoxy) is 1. The van der Waals surface area contributed by atoms with Crippen LogP contribution < -0.4 is 5.32 Å². The van der Waals surface area contributed by atoms with Crippen LogP contribution in [0.2, 0.25) is 0 Å². The number of rotatable bonds is 3. The first kappa shape index (κ1) is 9.93. The van der Waals surface area contributed by atoms with Gasteiger partial charge in [0.25, 0.3) is 0 Å². The van der Waals surface area contributed by atoms with E-state index >= 15 is 0 Å². The maximum absolute atomic E-state index is 11.0. The number of carbonyl (C=O) groups is 1. The summed E-state index contributed by atoms with van der Waals surface area (Å²) in [6, 6.07) is 1.16. The summed E-state index contributed by atoms with van der Waals surface area (Å²) in [6.45, 7) is 2.77. The number of carbonyl (C=O) groups excluding carboxylic acids is 1. The van der Waals surface area contributed by atoms with Gasteiger partial charge in [-0.1, -0.05) is 0 Å². The first-order valence-corrected chi connectivity index (χ1v) is 5.35. The maximum Gasteiger partial charge on any atom is 0.319 e. The molecule has 0 amide bonds. The highest BCUT2D eigenvalue weighted by Gasteiger charge is 2.36. The van der Waals surface area contributed by atoms with Gasteiger partial charge in [0.05, 0.1) is 13.7 Å². The molecule has 4 heteroatoms. The van der Waals surface area contributed by atoms with Crippen molar-refractivity contribution >= 4 is 5.97 Å². The Bertz CT molecular complexity index is 220. The molecule has 0 aromatic rings. The highest BCUT2D eigenvalue weighted by Crippen LogP contribution is 2.27. The zero-order valence-electron chi connectivity index (χ0n) is 8.66. The van der Waals surface area contributed by atoms with E-state index in [1.54, 1.807) is 0 Å². The molecule has 4 nitrogen and oxygen atoms in total. The number of hydrogen-bond donors (Lipinski definition) is 1. The predicted molar refractivity (Wildman–Crippen MR) is 53.0 cm³/mol. The lowest BCUT2D eigenvalue weighted by Gasteiger charge is -2.20. The summed E-state index contributed by atoms with van der Waals surface area (Å²) < 4.78 is 4.61. The Morgan fingerprint density at radius 1 is 1.50 bits per heavy atom. The molecule has 0 saturated carbocycles. The Morgan fingerprint density at radius 2 is 2.36 bits per heavy atom. The summed E-state index contributed by atoms with van der Waals surface area (Å²) in [5, 5.41) is 3.29. The Morgan fingerprint density at radius 3 is 3.14 bits per heavy atom. The van der Waals surface area contributed by atoms with Crippen molar-refractivity contribution in [1.82, 2.24) is 10.2 Å². The van der Waals surface area contributed by atoms with E-state index in [0.29, 0.717) is 18.6 Å². The summed E-state index contributed by atoms with van der Waals surface area (Å²) in [4.78, 5) is 13.5. The summed E-state index contributed by atoms with van der Waals surface area (Å²) >= 11 is 0. The van der Waals surface area contributed by atoms with Crippen molar-refractivity contribution in [2.75, 3.05) is 26.7 Å². The van der Waals surface area contributed by atoms with Crippen LogP contribution in [-0.4, -0.2) is 49.7 Å². The third-order valence-electron chi connectivity index (χ3n) is 3.34. The zero-order valence-corrected chi connectivity index (χ0v) is 8.66. The number of hydrogen-bond acceptors (Lipinski definition) is 4. The molecule has 0 aliphatic carbocycles. The molecule has 0 aromatic heterocycles. The number of nitrogens with zero attached hydrogens (tertiary/aromatic N) is 1. The second-order valence-corrected chi connectivity index (χ2v) is 4.10. The molecule has 0 bridgehead atoms. The molecular weight excluding hydrogens is 180 g/mol. The molecule has 2 saturated heterocycles. The van der Waals surface area contributed by atoms with Crippen molar-refractivity contribution in [2.45, 2.75) is 31.3 Å². The molecule has 2 fully saturated rings. The Balaban J connectivity index is 1.78. The van der Waals surface area contributed by atoms with E-state index in [0.717, 1.165) is 0 Å². The van der Waals surface area contributed by atoms with Gasteiger partial charge in [-0.15, -0.1) is 0 Å². The molecule has 2 unspecified atom stereocenters. The Labute approximate surface area is 84.6 Å². The van der Waals surface area contributed by atoms with Crippen molar-refractivity contribution in [3.8, 4) is 0 Å². The summed E-state index contributed by atoms with van der Waals surface area (Å²) in [5.41, 5.74) is 0. The van der Waals surface area contributed by atoms with E-state index in [2.05, 4.69) is 15.0 Å². The number of methoxy groups -OCH3 is 1. The summed E-state index contributed by atoms with van der Waals surface area (Å²) in [7, 11) is 1.43. The fourth-order valence-electron chi connectivity index (χ4n) is 2.61. The lowest BCUT2D eigenvalue weighted by Crippen LogP contribution is -2.41. The summed E-state index contributed by atoms with van der Waals surface area (Å²) in [6.07, 6.45) is 3.75. The van der Waals surface area contributed by atoms with Gasteiger partial charge in [0.15, 0.2) is 0 Å². The van der Waals surface area contributed by atoms with Gasteiger partial charge in [0.1, 0.15) is 0 Å². The molecule has 1 N–H and O–H groups in total. The number of nitrogens with one attached hydrogen (secondary N) is 1. The number of esters is 1. The van der Waals surface area contributed by atoms with Crippen molar-refractivity contribution in [1.29, 1.82) is 0 Å². The van der Waals surface area contributed by atoms with Gasteiger partial charge >= 0.3 is 5.97 Å². The normalized spacial score (nSPS) is 31.8. The topological polar surface area (TPSA) is 41.6 Å². The quantitative estimate of drug-likeness (QED) is 0.647. The van der Waals surface area contributed by atoms with Gasteiger partial charge in [0.2, 0.25) is 0 Å². The van der Waals surface area contributed by atoms with Gasteiger partial charge in [0, 0.05) is 18.6 Å². The number of fused-ring (bicyclic) bond motifs is 1. The minimum Gasteiger partial charge on any atom is -0.468 e. The molecule has 2 heterocycles. The van der Waals surface area contributed by atoms with Crippen LogP contribution in [0.5, 0.6) is 0 Å². The van der Waals surface area contributed by atoms with Crippen molar-refractivity contribution in [3.05, 3.63) is 0 Å². The fraction of sp³-hybridized carbons (Fsp3) is 0.900. The van der Waals surface area contributed by atoms with Crippen molar-refractivity contribution in [3.63, 3.8) is 0 Å². The molecule has 0 aromatic carbocycles. The largest absolute Gasteiger partial charge is 0.468 e. The van der Waals surface area contributed by atoms with Crippen molar-refractivity contribution < 1.29 is 9.53 Å². The second-order valence-electron chi connectivity index (χ2n) is 4.10. The SMILES string of the molecule is COC(=O)CNC1CCN2CCCC12. The molecular formula is C10H18N2O2. The zero-order chi connectivity index (χ0) is 9.97. The van der Waals surface area contributed by atoms with Crippen LogP contribution >= 0.6 is 0 Å². The van der Waals surface area contributed by atoms with Crippen LogP contribution in [0, 0.1) is 0 Å². The van der Waals surface area contributed by atoms with E-state index in [4.69, 9.17) is 0 Å². The van der Waals surface area contributed by atoms with E-state index in [1.165, 1.54) is 39.5 Å². The van der Waals surface area contributed by atoms with E-state index in [1.807, 2.05) is 0 Å². The Hall–Kier alpha value is -0.610. The van der Waals surface area contributed by atoms with Gasteiger partial charge in [-0.05, 0) is 25.8 Å². The highest BCUT2D eigenvalue weighted by atomic mass is 16.5.